The first kappa shape index (κ1) is 32.3. The summed E-state index contributed by atoms with van der Waals surface area (Å²) in [6.45, 7) is 2.39. The molecule has 1 unspecified atom stereocenters. The van der Waals surface area contributed by atoms with Crippen molar-refractivity contribution in [3.8, 4) is 11.1 Å². The number of hydrogen-bond acceptors (Lipinski definition) is 3. The molecule has 0 bridgehead atoms. The van der Waals surface area contributed by atoms with Gasteiger partial charge in [-0.1, -0.05) is 79.2 Å². The number of aromatic nitrogens is 1. The van der Waals surface area contributed by atoms with Gasteiger partial charge in [0.1, 0.15) is 11.7 Å². The number of alkyl halides is 3. The molecule has 4 aromatic carbocycles. The van der Waals surface area contributed by atoms with Crippen molar-refractivity contribution in [2.45, 2.75) is 25.6 Å². The van der Waals surface area contributed by atoms with E-state index < -0.39 is 29.6 Å². The fourth-order valence-electron chi connectivity index (χ4n) is 5.19. The van der Waals surface area contributed by atoms with Gasteiger partial charge in [0.05, 0.1) is 16.1 Å². The van der Waals surface area contributed by atoms with E-state index in [2.05, 4.69) is 16.0 Å². The van der Waals surface area contributed by atoms with Crippen LogP contribution in [-0.2, 0) is 18.0 Å². The maximum absolute atomic E-state index is 13.6. The third-order valence-electron chi connectivity index (χ3n) is 7.53. The van der Waals surface area contributed by atoms with E-state index in [1.54, 1.807) is 78.3 Å². The summed E-state index contributed by atoms with van der Waals surface area (Å²) in [6.07, 6.45) is -3.74. The minimum absolute atomic E-state index is 0.136. The first-order valence-corrected chi connectivity index (χ1v) is 14.9. The Morgan fingerprint density at radius 2 is 1.54 bits per heavy atom. The zero-order valence-corrected chi connectivity index (χ0v) is 25.7. The van der Waals surface area contributed by atoms with Crippen LogP contribution in [0.25, 0.3) is 22.0 Å². The molecule has 0 aliphatic rings. The molecule has 236 valence electrons. The van der Waals surface area contributed by atoms with Gasteiger partial charge in [0.15, 0.2) is 0 Å². The molecule has 1 atom stereocenters. The lowest BCUT2D eigenvalue weighted by Crippen LogP contribution is -2.41. The minimum atomic E-state index is -4.47. The number of aryl methyl sites for hydroxylation is 1. The van der Waals surface area contributed by atoms with Crippen LogP contribution in [0.15, 0.2) is 97.1 Å². The molecule has 0 saturated carbocycles. The molecular formula is C35H30ClF3N4O3. The van der Waals surface area contributed by atoms with Crippen molar-refractivity contribution < 1.29 is 27.6 Å². The van der Waals surface area contributed by atoms with E-state index in [1.165, 1.54) is 12.1 Å². The topological polar surface area (TPSA) is 92.2 Å². The zero-order chi connectivity index (χ0) is 33.0. The van der Waals surface area contributed by atoms with Gasteiger partial charge in [-0.15, -0.1) is 0 Å². The zero-order valence-electron chi connectivity index (χ0n) is 24.9. The number of carbonyl (C=O) groups excluding carboxylic acids is 3. The number of anilines is 1. The van der Waals surface area contributed by atoms with Gasteiger partial charge < -0.3 is 20.5 Å². The van der Waals surface area contributed by atoms with Gasteiger partial charge >= 0.3 is 6.18 Å². The molecule has 0 spiro atoms. The summed E-state index contributed by atoms with van der Waals surface area (Å²) in [7, 11) is 1.68. The van der Waals surface area contributed by atoms with Gasteiger partial charge in [-0.05, 0) is 59.5 Å². The third-order valence-corrected chi connectivity index (χ3v) is 7.91. The molecule has 3 N–H and O–H groups in total. The Morgan fingerprint density at radius 1 is 0.870 bits per heavy atom. The molecule has 3 amide bonds. The van der Waals surface area contributed by atoms with Gasteiger partial charge in [0.25, 0.3) is 11.8 Å². The summed E-state index contributed by atoms with van der Waals surface area (Å²) < 4.78 is 40.8. The molecule has 7 nitrogen and oxygen atoms in total. The number of nitrogens with zero attached hydrogens (tertiary/aromatic N) is 1. The number of hydrogen-bond donors (Lipinski definition) is 3. The van der Waals surface area contributed by atoms with Crippen molar-refractivity contribution in [2.75, 3.05) is 11.9 Å². The second-order valence-corrected chi connectivity index (χ2v) is 11.0. The molecule has 0 aliphatic heterocycles. The Labute approximate surface area is 268 Å². The number of rotatable bonds is 9. The van der Waals surface area contributed by atoms with Crippen LogP contribution < -0.4 is 16.0 Å². The highest BCUT2D eigenvalue weighted by atomic mass is 35.5. The van der Waals surface area contributed by atoms with Crippen LogP contribution in [0.4, 0.5) is 18.9 Å². The molecule has 1 aromatic heterocycles. The predicted molar refractivity (Wildman–Crippen MR) is 173 cm³/mol. The van der Waals surface area contributed by atoms with Crippen LogP contribution in [0, 0.1) is 0 Å². The predicted octanol–water partition coefficient (Wildman–Crippen LogP) is 7.77. The van der Waals surface area contributed by atoms with Crippen molar-refractivity contribution >= 4 is 45.9 Å². The van der Waals surface area contributed by atoms with Crippen LogP contribution in [0.1, 0.15) is 51.4 Å². The molecule has 5 rings (SSSR count). The number of benzene rings is 4. The lowest BCUT2D eigenvalue weighted by molar-refractivity contribution is -0.137. The lowest BCUT2D eigenvalue weighted by Gasteiger charge is -2.19. The van der Waals surface area contributed by atoms with Crippen molar-refractivity contribution in [3.63, 3.8) is 0 Å². The van der Waals surface area contributed by atoms with Crippen LogP contribution in [0.2, 0.25) is 5.02 Å². The Morgan fingerprint density at radius 3 is 2.22 bits per heavy atom. The summed E-state index contributed by atoms with van der Waals surface area (Å²) in [5.41, 5.74) is 2.14. The highest BCUT2D eigenvalue weighted by molar-refractivity contribution is 6.39. The number of nitrogens with one attached hydrogen (secondary N) is 3. The van der Waals surface area contributed by atoms with E-state index in [0.717, 1.165) is 18.6 Å². The maximum Gasteiger partial charge on any atom is 0.416 e. The minimum Gasteiger partial charge on any atom is -0.354 e. The Balaban J connectivity index is 1.41. The van der Waals surface area contributed by atoms with E-state index in [1.807, 2.05) is 13.0 Å². The molecule has 0 radical (unpaired) electrons. The molecule has 11 heteroatoms. The van der Waals surface area contributed by atoms with Crippen LogP contribution in [-0.4, -0.2) is 28.8 Å². The van der Waals surface area contributed by atoms with Crippen molar-refractivity contribution in [2.24, 2.45) is 7.05 Å². The van der Waals surface area contributed by atoms with Gasteiger partial charge in [0.2, 0.25) is 5.91 Å². The third kappa shape index (κ3) is 6.77. The lowest BCUT2D eigenvalue weighted by atomic mass is 9.98. The Bertz CT molecular complexity index is 1900. The largest absolute Gasteiger partial charge is 0.416 e. The second-order valence-electron chi connectivity index (χ2n) is 10.6. The second kappa shape index (κ2) is 13.5. The standard InChI is InChI=1S/C35H30ClF3N4O3/c1-3-19-40-33(45)30(22-9-5-4-6-10-22)42-34(46)31-29(36)27-20-24(17-18-28(27)43(31)2)41-32(44)26-12-8-7-11-25(26)21-13-15-23(16-14-21)35(37,38)39/h4-18,20,30H,3,19H2,1-2H3,(H,40,45)(H,41,44)(H,42,46). The van der Waals surface area contributed by atoms with Gasteiger partial charge in [0, 0.05) is 30.2 Å². The fraction of sp³-hybridized carbons (Fsp3) is 0.171. The molecular weight excluding hydrogens is 617 g/mol. The smallest absolute Gasteiger partial charge is 0.354 e. The van der Waals surface area contributed by atoms with Crippen molar-refractivity contribution in [3.05, 3.63) is 124 Å². The number of amides is 3. The quantitative estimate of drug-likeness (QED) is 0.153. The normalized spacial score (nSPS) is 12.0. The average Bonchev–Trinajstić information content (AvgIpc) is 3.30. The highest BCUT2D eigenvalue weighted by Crippen LogP contribution is 2.34. The first-order chi connectivity index (χ1) is 22.0. The summed E-state index contributed by atoms with van der Waals surface area (Å²) >= 11 is 6.75. The van der Waals surface area contributed by atoms with Gasteiger partial charge in [-0.2, -0.15) is 13.2 Å². The Hall–Kier alpha value is -5.09. The molecule has 46 heavy (non-hydrogen) atoms. The van der Waals surface area contributed by atoms with E-state index in [4.69, 9.17) is 11.6 Å². The summed E-state index contributed by atoms with van der Waals surface area (Å²) in [4.78, 5) is 40.0. The van der Waals surface area contributed by atoms with Gasteiger partial charge in [-0.3, -0.25) is 14.4 Å². The van der Waals surface area contributed by atoms with E-state index in [9.17, 15) is 27.6 Å². The first-order valence-electron chi connectivity index (χ1n) is 14.5. The average molecular weight is 647 g/mol. The highest BCUT2D eigenvalue weighted by Gasteiger charge is 2.30. The summed E-state index contributed by atoms with van der Waals surface area (Å²) in [6, 6.07) is 24.1. The summed E-state index contributed by atoms with van der Waals surface area (Å²) in [5, 5.41) is 9.10. The number of fused-ring (bicyclic) bond motifs is 1. The van der Waals surface area contributed by atoms with Gasteiger partial charge in [-0.25, -0.2) is 0 Å². The van der Waals surface area contributed by atoms with E-state index in [0.29, 0.717) is 39.8 Å². The number of carbonyl (C=O) groups is 3. The molecule has 0 fully saturated rings. The van der Waals surface area contributed by atoms with Crippen LogP contribution in [0.3, 0.4) is 0 Å². The Kier molecular flexibility index (Phi) is 9.48. The molecule has 0 aliphatic carbocycles. The maximum atomic E-state index is 13.6. The van der Waals surface area contributed by atoms with Crippen LogP contribution in [0.5, 0.6) is 0 Å². The van der Waals surface area contributed by atoms with Crippen molar-refractivity contribution in [1.82, 2.24) is 15.2 Å². The molecule has 5 aromatic rings. The summed E-state index contributed by atoms with van der Waals surface area (Å²) in [5.74, 6) is -1.39. The van der Waals surface area contributed by atoms with Crippen LogP contribution >= 0.6 is 11.6 Å². The SMILES string of the molecule is CCCNC(=O)C(NC(=O)c1c(Cl)c2cc(NC(=O)c3ccccc3-c3ccc(C(F)(F)F)cc3)ccc2n1C)c1ccccc1. The monoisotopic (exact) mass is 646 g/mol. The molecule has 1 heterocycles. The number of halogens is 4. The molecule has 0 saturated heterocycles. The van der Waals surface area contributed by atoms with Crippen molar-refractivity contribution in [1.29, 1.82) is 0 Å². The fourth-order valence-corrected chi connectivity index (χ4v) is 5.56. The van der Waals surface area contributed by atoms with E-state index in [-0.39, 0.29) is 22.2 Å². The van der Waals surface area contributed by atoms with E-state index >= 15 is 0 Å².